The molecule has 0 spiro atoms. The number of carbonyl (C=O) groups excluding carboxylic acids is 1. The fourth-order valence-electron chi connectivity index (χ4n) is 4.58. The van der Waals surface area contributed by atoms with Gasteiger partial charge < -0.3 is 19.5 Å². The first-order valence-corrected chi connectivity index (χ1v) is 10.6. The average Bonchev–Trinajstić information content (AvgIpc) is 3.13. The van der Waals surface area contributed by atoms with E-state index in [-0.39, 0.29) is 35.6 Å². The van der Waals surface area contributed by atoms with E-state index in [1.54, 1.807) is 14.2 Å². The number of ether oxygens (including phenoxy) is 3. The summed E-state index contributed by atoms with van der Waals surface area (Å²) in [5, 5.41) is 3.25. The Hall–Kier alpha value is -2.77. The van der Waals surface area contributed by atoms with Crippen molar-refractivity contribution in [1.29, 1.82) is 0 Å². The highest BCUT2D eigenvalue weighted by Crippen LogP contribution is 2.40. The first kappa shape index (κ1) is 21.5. The summed E-state index contributed by atoms with van der Waals surface area (Å²) in [6, 6.07) is 13.0. The van der Waals surface area contributed by atoms with Gasteiger partial charge in [-0.15, -0.1) is 0 Å². The molecular weight excluding hydrogens is 394 g/mol. The maximum absolute atomic E-state index is 13.3. The number of benzene rings is 2. The van der Waals surface area contributed by atoms with E-state index in [4.69, 9.17) is 14.2 Å². The molecule has 1 amide bonds. The van der Waals surface area contributed by atoms with Gasteiger partial charge in [0, 0.05) is 23.5 Å². The fourth-order valence-corrected chi connectivity index (χ4v) is 4.58. The number of carbonyl (C=O) groups is 1. The zero-order valence-corrected chi connectivity index (χ0v) is 18.7. The van der Waals surface area contributed by atoms with Crippen molar-refractivity contribution in [3.8, 4) is 17.2 Å². The summed E-state index contributed by atoms with van der Waals surface area (Å²) in [6.45, 7) is 6.15. The standard InChI is InChI=1S/C24H31N3O4/c1-14-21(17-12-15(29-4)10-11-19(17)30-5)26-27-22(14)23(28)25-18-13-24(2,3)31-20-9-7-6-8-16(18)20/h6-12,14,18,21-22,26-27H,13H2,1-5H3,(H,25,28). The van der Waals surface area contributed by atoms with Gasteiger partial charge in [-0.2, -0.15) is 0 Å². The highest BCUT2D eigenvalue weighted by atomic mass is 16.5. The summed E-state index contributed by atoms with van der Waals surface area (Å²) < 4.78 is 17.0. The molecule has 0 aliphatic carbocycles. The van der Waals surface area contributed by atoms with E-state index >= 15 is 0 Å². The maximum atomic E-state index is 13.3. The monoisotopic (exact) mass is 425 g/mol. The number of methoxy groups -OCH3 is 2. The van der Waals surface area contributed by atoms with E-state index in [1.165, 1.54) is 0 Å². The molecule has 2 aromatic rings. The number of hydrogen-bond donors (Lipinski definition) is 3. The van der Waals surface area contributed by atoms with Crippen LogP contribution in [0.2, 0.25) is 0 Å². The highest BCUT2D eigenvalue weighted by molar-refractivity contribution is 5.83. The fraction of sp³-hybridized carbons (Fsp3) is 0.458. The zero-order valence-electron chi connectivity index (χ0n) is 18.7. The molecule has 0 saturated carbocycles. The van der Waals surface area contributed by atoms with Gasteiger partial charge in [-0.05, 0) is 38.1 Å². The molecule has 2 aromatic carbocycles. The molecule has 7 heteroatoms. The Labute approximate surface area is 183 Å². The van der Waals surface area contributed by atoms with Crippen LogP contribution in [0.25, 0.3) is 0 Å². The summed E-state index contributed by atoms with van der Waals surface area (Å²) in [5.41, 5.74) is 8.09. The molecule has 4 atom stereocenters. The molecule has 0 radical (unpaired) electrons. The minimum Gasteiger partial charge on any atom is -0.497 e. The third-order valence-corrected chi connectivity index (χ3v) is 6.19. The number of rotatable bonds is 5. The molecule has 1 fully saturated rings. The second kappa shape index (κ2) is 8.40. The Morgan fingerprint density at radius 1 is 1.10 bits per heavy atom. The lowest BCUT2D eigenvalue weighted by molar-refractivity contribution is -0.125. The Morgan fingerprint density at radius 2 is 1.87 bits per heavy atom. The van der Waals surface area contributed by atoms with E-state index in [1.807, 2.05) is 56.3 Å². The summed E-state index contributed by atoms with van der Waals surface area (Å²) in [5.74, 6) is 2.28. The highest BCUT2D eigenvalue weighted by Gasteiger charge is 2.41. The van der Waals surface area contributed by atoms with Crippen molar-refractivity contribution >= 4 is 5.91 Å². The Morgan fingerprint density at radius 3 is 2.61 bits per heavy atom. The summed E-state index contributed by atoms with van der Waals surface area (Å²) >= 11 is 0. The van der Waals surface area contributed by atoms with Crippen molar-refractivity contribution in [2.24, 2.45) is 5.92 Å². The van der Waals surface area contributed by atoms with E-state index < -0.39 is 0 Å². The molecule has 2 heterocycles. The molecule has 4 rings (SSSR count). The molecule has 4 unspecified atom stereocenters. The minimum atomic E-state index is -0.390. The third-order valence-electron chi connectivity index (χ3n) is 6.19. The molecule has 0 aromatic heterocycles. The number of amides is 1. The lowest BCUT2D eigenvalue weighted by Gasteiger charge is -2.38. The minimum absolute atomic E-state index is 0.0101. The molecule has 3 N–H and O–H groups in total. The topological polar surface area (TPSA) is 80.9 Å². The van der Waals surface area contributed by atoms with Crippen LogP contribution < -0.4 is 30.4 Å². The predicted octanol–water partition coefficient (Wildman–Crippen LogP) is 3.28. The third kappa shape index (κ3) is 4.20. The number of hydrogen-bond acceptors (Lipinski definition) is 6. The SMILES string of the molecule is COc1ccc(OC)c(C2NNC(C(=O)NC3CC(C)(C)Oc4ccccc43)C2C)c1. The van der Waals surface area contributed by atoms with Gasteiger partial charge in [-0.3, -0.25) is 4.79 Å². The van der Waals surface area contributed by atoms with Crippen LogP contribution in [0.1, 0.15) is 50.4 Å². The van der Waals surface area contributed by atoms with Gasteiger partial charge in [0.15, 0.2) is 0 Å². The lowest BCUT2D eigenvalue weighted by atomic mass is 9.88. The van der Waals surface area contributed by atoms with Crippen molar-refractivity contribution in [2.45, 2.75) is 50.9 Å². The molecule has 31 heavy (non-hydrogen) atoms. The van der Waals surface area contributed by atoms with Crippen molar-refractivity contribution in [1.82, 2.24) is 16.2 Å². The Kier molecular flexibility index (Phi) is 5.81. The normalized spacial score (nSPS) is 26.5. The average molecular weight is 426 g/mol. The van der Waals surface area contributed by atoms with E-state index in [0.29, 0.717) is 6.42 Å². The Bertz CT molecular complexity index is 962. The molecule has 0 bridgehead atoms. The van der Waals surface area contributed by atoms with Gasteiger partial charge in [-0.25, -0.2) is 10.9 Å². The summed E-state index contributed by atoms with van der Waals surface area (Å²) in [6.07, 6.45) is 0.706. The summed E-state index contributed by atoms with van der Waals surface area (Å²) in [4.78, 5) is 13.3. The largest absolute Gasteiger partial charge is 0.497 e. The quantitative estimate of drug-likeness (QED) is 0.682. The molecule has 2 aliphatic heterocycles. The molecular formula is C24H31N3O4. The van der Waals surface area contributed by atoms with E-state index in [0.717, 1.165) is 28.4 Å². The molecule has 7 nitrogen and oxygen atoms in total. The number of fused-ring (bicyclic) bond motifs is 1. The van der Waals surface area contributed by atoms with Gasteiger partial charge in [0.05, 0.1) is 26.3 Å². The van der Waals surface area contributed by atoms with Crippen LogP contribution in [0.5, 0.6) is 17.2 Å². The predicted molar refractivity (Wildman–Crippen MR) is 118 cm³/mol. The first-order chi connectivity index (χ1) is 14.8. The van der Waals surface area contributed by atoms with Crippen LogP contribution in [-0.4, -0.2) is 31.8 Å². The van der Waals surface area contributed by atoms with Gasteiger partial charge in [0.2, 0.25) is 5.91 Å². The van der Waals surface area contributed by atoms with E-state index in [2.05, 4.69) is 23.1 Å². The van der Waals surface area contributed by atoms with Crippen LogP contribution in [0.3, 0.4) is 0 Å². The van der Waals surface area contributed by atoms with Crippen LogP contribution >= 0.6 is 0 Å². The molecule has 1 saturated heterocycles. The van der Waals surface area contributed by atoms with Crippen molar-refractivity contribution < 1.29 is 19.0 Å². The van der Waals surface area contributed by atoms with Crippen molar-refractivity contribution in [2.75, 3.05) is 14.2 Å². The van der Waals surface area contributed by atoms with Crippen molar-refractivity contribution in [3.05, 3.63) is 53.6 Å². The Balaban J connectivity index is 1.52. The number of hydrazine groups is 1. The molecule has 2 aliphatic rings. The lowest BCUT2D eigenvalue weighted by Crippen LogP contribution is -2.48. The number of nitrogens with one attached hydrogen (secondary N) is 3. The number of para-hydroxylation sites is 1. The van der Waals surface area contributed by atoms with Crippen LogP contribution in [-0.2, 0) is 4.79 Å². The second-order valence-corrected chi connectivity index (χ2v) is 8.88. The van der Waals surface area contributed by atoms with Gasteiger partial charge in [-0.1, -0.05) is 25.1 Å². The van der Waals surface area contributed by atoms with Crippen molar-refractivity contribution in [3.63, 3.8) is 0 Å². The smallest absolute Gasteiger partial charge is 0.239 e. The van der Waals surface area contributed by atoms with Crippen LogP contribution in [0.4, 0.5) is 0 Å². The summed E-state index contributed by atoms with van der Waals surface area (Å²) in [7, 11) is 3.28. The maximum Gasteiger partial charge on any atom is 0.239 e. The second-order valence-electron chi connectivity index (χ2n) is 8.88. The van der Waals surface area contributed by atoms with Gasteiger partial charge in [0.1, 0.15) is 28.9 Å². The van der Waals surface area contributed by atoms with Gasteiger partial charge in [0.25, 0.3) is 0 Å². The molecule has 166 valence electrons. The first-order valence-electron chi connectivity index (χ1n) is 10.6. The zero-order chi connectivity index (χ0) is 22.2. The van der Waals surface area contributed by atoms with E-state index in [9.17, 15) is 4.79 Å². The van der Waals surface area contributed by atoms with Crippen LogP contribution in [0.15, 0.2) is 42.5 Å². The van der Waals surface area contributed by atoms with Gasteiger partial charge >= 0.3 is 0 Å². The van der Waals surface area contributed by atoms with Crippen LogP contribution in [0, 0.1) is 5.92 Å².